The van der Waals surface area contributed by atoms with E-state index in [-0.39, 0.29) is 5.25 Å². The summed E-state index contributed by atoms with van der Waals surface area (Å²) in [7, 11) is 0. The molecule has 0 bridgehead atoms. The fourth-order valence-electron chi connectivity index (χ4n) is 1.02. The lowest BCUT2D eigenvalue weighted by molar-refractivity contribution is -0.136. The molecule has 0 aliphatic carbocycles. The Morgan fingerprint density at radius 1 is 1.70 bits per heavy atom. The molecule has 58 valence electrons. The van der Waals surface area contributed by atoms with Crippen LogP contribution in [-0.4, -0.2) is 27.3 Å². The van der Waals surface area contributed by atoms with Crippen molar-refractivity contribution in [2.75, 3.05) is 5.75 Å². The number of carboxylic acid groups (broad SMARTS) is 1. The fraction of sp³-hybridized carbons (Fsp3) is 0.833. The van der Waals surface area contributed by atoms with Crippen molar-refractivity contribution in [2.45, 2.75) is 23.3 Å². The van der Waals surface area contributed by atoms with E-state index < -0.39 is 5.97 Å². The van der Waals surface area contributed by atoms with Crippen LogP contribution in [-0.2, 0) is 4.79 Å². The van der Waals surface area contributed by atoms with E-state index in [0.29, 0.717) is 5.25 Å². The second kappa shape index (κ2) is 3.53. The van der Waals surface area contributed by atoms with Crippen LogP contribution in [0.2, 0.25) is 0 Å². The lowest BCUT2D eigenvalue weighted by atomic mass is 10.2. The number of thiol groups is 1. The molecule has 0 saturated carbocycles. The molecule has 0 aromatic heterocycles. The highest BCUT2D eigenvalue weighted by Gasteiger charge is 2.29. The van der Waals surface area contributed by atoms with Crippen LogP contribution in [0.1, 0.15) is 12.8 Å². The highest BCUT2D eigenvalue weighted by Crippen LogP contribution is 2.34. The smallest absolute Gasteiger partial charge is 0.316 e. The normalized spacial score (nSPS) is 32.5. The molecule has 1 rings (SSSR count). The Morgan fingerprint density at radius 2 is 2.40 bits per heavy atom. The molecule has 2 atom stereocenters. The van der Waals surface area contributed by atoms with E-state index in [1.165, 1.54) is 0 Å². The van der Waals surface area contributed by atoms with Crippen molar-refractivity contribution >= 4 is 30.4 Å². The third-order valence-corrected chi connectivity index (χ3v) is 3.83. The average Bonchev–Trinajstić information content (AvgIpc) is 2.34. The van der Waals surface area contributed by atoms with Crippen molar-refractivity contribution in [1.29, 1.82) is 0 Å². The van der Waals surface area contributed by atoms with E-state index in [0.717, 1.165) is 18.6 Å². The van der Waals surface area contributed by atoms with Crippen molar-refractivity contribution in [2.24, 2.45) is 0 Å². The molecule has 1 aliphatic rings. The van der Waals surface area contributed by atoms with E-state index in [9.17, 15) is 4.79 Å². The zero-order chi connectivity index (χ0) is 7.56. The maximum atomic E-state index is 10.4. The predicted molar refractivity (Wildman–Crippen MR) is 45.9 cm³/mol. The number of rotatable bonds is 2. The van der Waals surface area contributed by atoms with Crippen LogP contribution in [0, 0.1) is 0 Å². The topological polar surface area (TPSA) is 37.3 Å². The first kappa shape index (κ1) is 8.27. The van der Waals surface area contributed by atoms with Gasteiger partial charge in [-0.25, -0.2) is 0 Å². The average molecular weight is 178 g/mol. The van der Waals surface area contributed by atoms with E-state index >= 15 is 0 Å². The first-order valence-corrected chi connectivity index (χ1v) is 4.80. The molecule has 1 fully saturated rings. The Balaban J connectivity index is 2.35. The highest BCUT2D eigenvalue weighted by atomic mass is 32.2. The molecule has 4 heteroatoms. The zero-order valence-corrected chi connectivity index (χ0v) is 7.20. The Bertz CT molecular complexity index is 138. The molecule has 2 nitrogen and oxygen atoms in total. The maximum Gasteiger partial charge on any atom is 0.316 e. The number of hydrogen-bond donors (Lipinski definition) is 2. The van der Waals surface area contributed by atoms with Crippen LogP contribution in [0.5, 0.6) is 0 Å². The monoisotopic (exact) mass is 178 g/mol. The van der Waals surface area contributed by atoms with Gasteiger partial charge in [0.05, 0.1) is 0 Å². The minimum absolute atomic E-state index is 0.169. The third kappa shape index (κ3) is 1.83. The molecule has 0 radical (unpaired) electrons. The van der Waals surface area contributed by atoms with E-state index in [2.05, 4.69) is 12.6 Å². The predicted octanol–water partition coefficient (Wildman–Crippen LogP) is 1.26. The van der Waals surface area contributed by atoms with Gasteiger partial charge in [-0.15, -0.1) is 11.8 Å². The summed E-state index contributed by atoms with van der Waals surface area (Å²) in [5, 5.41) is 8.87. The van der Waals surface area contributed by atoms with Gasteiger partial charge >= 0.3 is 5.97 Å². The van der Waals surface area contributed by atoms with Crippen molar-refractivity contribution < 1.29 is 9.90 Å². The van der Waals surface area contributed by atoms with Crippen LogP contribution in [0.4, 0.5) is 0 Å². The molecular formula is C6H10O2S2. The van der Waals surface area contributed by atoms with Gasteiger partial charge in [-0.3, -0.25) is 4.79 Å². The van der Waals surface area contributed by atoms with E-state index in [1.54, 1.807) is 11.8 Å². The van der Waals surface area contributed by atoms with Gasteiger partial charge in [-0.1, -0.05) is 0 Å². The van der Waals surface area contributed by atoms with Gasteiger partial charge < -0.3 is 5.11 Å². The van der Waals surface area contributed by atoms with Gasteiger partial charge in [-0.05, 0) is 12.8 Å². The second-order valence-electron chi connectivity index (χ2n) is 2.34. The minimum Gasteiger partial charge on any atom is -0.480 e. The molecule has 0 aromatic carbocycles. The van der Waals surface area contributed by atoms with Crippen molar-refractivity contribution in [1.82, 2.24) is 0 Å². The van der Waals surface area contributed by atoms with Crippen molar-refractivity contribution in [3.05, 3.63) is 0 Å². The second-order valence-corrected chi connectivity index (χ2v) is 4.22. The molecule has 1 aliphatic heterocycles. The van der Waals surface area contributed by atoms with Gasteiger partial charge in [0, 0.05) is 11.0 Å². The molecule has 0 amide bonds. The van der Waals surface area contributed by atoms with E-state index in [1.807, 2.05) is 0 Å². The highest BCUT2D eigenvalue weighted by molar-refractivity contribution is 8.02. The fourth-order valence-corrected chi connectivity index (χ4v) is 2.67. The molecule has 0 aromatic rings. The standard InChI is InChI=1S/C6H10O2S2/c7-6(8)5-2-1-4(3-9)10-5/h4-5,9H,1-3H2,(H,7,8)/t4-,5+/m1/s1. The zero-order valence-electron chi connectivity index (χ0n) is 5.49. The van der Waals surface area contributed by atoms with Crippen molar-refractivity contribution in [3.8, 4) is 0 Å². The number of thioether (sulfide) groups is 1. The number of carbonyl (C=O) groups is 1. The van der Waals surface area contributed by atoms with Gasteiger partial charge in [0.1, 0.15) is 5.25 Å². The summed E-state index contributed by atoms with van der Waals surface area (Å²) >= 11 is 5.65. The molecular weight excluding hydrogens is 168 g/mol. The van der Waals surface area contributed by atoms with Crippen LogP contribution in [0.15, 0.2) is 0 Å². The van der Waals surface area contributed by atoms with Crippen LogP contribution >= 0.6 is 24.4 Å². The Morgan fingerprint density at radius 3 is 2.70 bits per heavy atom. The van der Waals surface area contributed by atoms with E-state index in [4.69, 9.17) is 5.11 Å². The quantitative estimate of drug-likeness (QED) is 0.625. The summed E-state index contributed by atoms with van der Waals surface area (Å²) in [6.07, 6.45) is 1.82. The summed E-state index contributed by atoms with van der Waals surface area (Å²) < 4.78 is 0. The van der Waals surface area contributed by atoms with Gasteiger partial charge in [-0.2, -0.15) is 12.6 Å². The molecule has 1 saturated heterocycles. The summed E-state index contributed by atoms with van der Waals surface area (Å²) in [4.78, 5) is 10.4. The van der Waals surface area contributed by atoms with Gasteiger partial charge in [0.15, 0.2) is 0 Å². The Kier molecular flexibility index (Phi) is 2.92. The maximum absolute atomic E-state index is 10.4. The summed E-state index contributed by atoms with van der Waals surface area (Å²) in [6, 6.07) is 0. The molecule has 0 spiro atoms. The number of hydrogen-bond acceptors (Lipinski definition) is 3. The summed E-state index contributed by atoms with van der Waals surface area (Å²) in [6.45, 7) is 0. The third-order valence-electron chi connectivity index (χ3n) is 1.59. The number of carboxylic acids is 1. The number of aliphatic carboxylic acids is 1. The molecule has 1 heterocycles. The summed E-state index contributed by atoms with van der Waals surface area (Å²) in [5.74, 6) is 0.128. The molecule has 10 heavy (non-hydrogen) atoms. The van der Waals surface area contributed by atoms with Crippen molar-refractivity contribution in [3.63, 3.8) is 0 Å². The lowest BCUT2D eigenvalue weighted by Crippen LogP contribution is -2.12. The lowest BCUT2D eigenvalue weighted by Gasteiger charge is -2.03. The van der Waals surface area contributed by atoms with Crippen LogP contribution < -0.4 is 0 Å². The summed E-state index contributed by atoms with van der Waals surface area (Å²) in [5.41, 5.74) is 0. The van der Waals surface area contributed by atoms with Crippen LogP contribution in [0.25, 0.3) is 0 Å². The first-order valence-electron chi connectivity index (χ1n) is 3.23. The molecule has 0 unspecified atom stereocenters. The van der Waals surface area contributed by atoms with Crippen LogP contribution in [0.3, 0.4) is 0 Å². The Hall–Kier alpha value is 0.170. The van der Waals surface area contributed by atoms with Gasteiger partial charge in [0.2, 0.25) is 0 Å². The first-order chi connectivity index (χ1) is 4.74. The Labute approximate surface area is 69.8 Å². The SMILES string of the molecule is O=C(O)[C@@H]1CC[C@H](CS)S1. The largest absolute Gasteiger partial charge is 0.480 e. The minimum atomic E-state index is -0.672. The van der Waals surface area contributed by atoms with Gasteiger partial charge in [0.25, 0.3) is 0 Å². The molecule has 1 N–H and O–H groups in total.